The number of benzene rings is 1. The zero-order chi connectivity index (χ0) is 13.1. The van der Waals surface area contributed by atoms with Crippen LogP contribution in [-0.2, 0) is 6.42 Å². The highest BCUT2D eigenvalue weighted by Crippen LogP contribution is 2.31. The van der Waals surface area contributed by atoms with Gasteiger partial charge in [0.15, 0.2) is 23.2 Å². The molecule has 0 amide bonds. The van der Waals surface area contributed by atoms with Crippen LogP contribution in [0.3, 0.4) is 0 Å². The second-order valence-electron chi connectivity index (χ2n) is 4.56. The van der Waals surface area contributed by atoms with Gasteiger partial charge in [-0.1, -0.05) is 0 Å². The molecule has 1 aromatic rings. The Balaban J connectivity index is 2.29. The van der Waals surface area contributed by atoms with E-state index in [9.17, 15) is 13.2 Å². The molecule has 1 N–H and O–H groups in total. The first-order chi connectivity index (χ1) is 8.63. The first-order valence-corrected chi connectivity index (χ1v) is 6.04. The summed E-state index contributed by atoms with van der Waals surface area (Å²) in [6.45, 7) is 1.71. The van der Waals surface area contributed by atoms with Crippen LogP contribution in [0.1, 0.15) is 18.4 Å². The molecule has 1 aromatic carbocycles. The molecule has 18 heavy (non-hydrogen) atoms. The Hall–Kier alpha value is -1.23. The number of piperidine rings is 1. The summed E-state index contributed by atoms with van der Waals surface area (Å²) < 4.78 is 45.3. The Morgan fingerprint density at radius 1 is 1.22 bits per heavy atom. The molecule has 2 rings (SSSR count). The molecule has 1 heterocycles. The van der Waals surface area contributed by atoms with Crippen LogP contribution >= 0.6 is 0 Å². The van der Waals surface area contributed by atoms with Crippen LogP contribution in [0, 0.1) is 23.4 Å². The second kappa shape index (κ2) is 5.61. The predicted molar refractivity (Wildman–Crippen MR) is 62.2 cm³/mol. The number of halogens is 3. The summed E-state index contributed by atoms with van der Waals surface area (Å²) in [5.41, 5.74) is 0.0156. The maximum Gasteiger partial charge on any atom is 0.168 e. The van der Waals surface area contributed by atoms with Gasteiger partial charge in [-0.05, 0) is 38.3 Å². The molecule has 1 fully saturated rings. The van der Waals surface area contributed by atoms with Crippen molar-refractivity contribution < 1.29 is 17.9 Å². The van der Waals surface area contributed by atoms with Crippen LogP contribution in [-0.4, -0.2) is 20.2 Å². The normalized spacial score (nSPS) is 16.9. The van der Waals surface area contributed by atoms with Gasteiger partial charge in [-0.25, -0.2) is 13.2 Å². The molecule has 100 valence electrons. The van der Waals surface area contributed by atoms with Gasteiger partial charge in [0, 0.05) is 11.6 Å². The molecule has 1 aliphatic rings. The number of ether oxygens (including phenoxy) is 1. The van der Waals surface area contributed by atoms with E-state index in [4.69, 9.17) is 4.74 Å². The van der Waals surface area contributed by atoms with Crippen molar-refractivity contribution in [1.29, 1.82) is 0 Å². The molecule has 0 bridgehead atoms. The Bertz CT molecular complexity index is 431. The van der Waals surface area contributed by atoms with Crippen LogP contribution in [0.2, 0.25) is 0 Å². The lowest BCUT2D eigenvalue weighted by molar-refractivity contribution is 0.339. The molecule has 5 heteroatoms. The number of nitrogens with one attached hydrogen (secondary N) is 1. The molecule has 1 saturated heterocycles. The minimum Gasteiger partial charge on any atom is -0.493 e. The van der Waals surface area contributed by atoms with Crippen LogP contribution in [0.25, 0.3) is 0 Å². The zero-order valence-corrected chi connectivity index (χ0v) is 10.2. The summed E-state index contributed by atoms with van der Waals surface area (Å²) in [6, 6.07) is 0.528. The van der Waals surface area contributed by atoms with Gasteiger partial charge in [-0.2, -0.15) is 0 Å². The van der Waals surface area contributed by atoms with E-state index < -0.39 is 17.5 Å². The van der Waals surface area contributed by atoms with Gasteiger partial charge in [-0.3, -0.25) is 0 Å². The third-order valence-corrected chi connectivity index (χ3v) is 3.37. The van der Waals surface area contributed by atoms with Crippen molar-refractivity contribution >= 4 is 0 Å². The largest absolute Gasteiger partial charge is 0.493 e. The number of methoxy groups -OCH3 is 1. The molecule has 1 aliphatic heterocycles. The van der Waals surface area contributed by atoms with Crippen molar-refractivity contribution in [3.8, 4) is 5.75 Å². The molecule has 2 nitrogen and oxygen atoms in total. The average molecular weight is 259 g/mol. The van der Waals surface area contributed by atoms with Gasteiger partial charge < -0.3 is 10.1 Å². The van der Waals surface area contributed by atoms with E-state index in [1.54, 1.807) is 0 Å². The third kappa shape index (κ3) is 2.61. The van der Waals surface area contributed by atoms with Crippen LogP contribution in [0.15, 0.2) is 6.07 Å². The lowest BCUT2D eigenvalue weighted by atomic mass is 9.90. The Kier molecular flexibility index (Phi) is 4.11. The van der Waals surface area contributed by atoms with Gasteiger partial charge in [0.2, 0.25) is 0 Å². The smallest absolute Gasteiger partial charge is 0.168 e. The molecule has 0 aromatic heterocycles. The van der Waals surface area contributed by atoms with Crippen LogP contribution in [0.4, 0.5) is 13.2 Å². The number of hydrogen-bond donors (Lipinski definition) is 1. The molecule has 0 radical (unpaired) electrons. The van der Waals surface area contributed by atoms with Gasteiger partial charge >= 0.3 is 0 Å². The van der Waals surface area contributed by atoms with E-state index in [1.807, 2.05) is 0 Å². The lowest BCUT2D eigenvalue weighted by Gasteiger charge is -2.23. The zero-order valence-electron chi connectivity index (χ0n) is 10.2. The SMILES string of the molecule is COc1c(F)cc(F)c(F)c1CC1CCNCC1. The highest BCUT2D eigenvalue weighted by atomic mass is 19.2. The minimum absolute atomic E-state index is 0.0156. The van der Waals surface area contributed by atoms with Crippen molar-refractivity contribution in [2.45, 2.75) is 19.3 Å². The standard InChI is InChI=1S/C13H16F3NO/c1-18-13-9(6-8-2-4-17-5-3-8)12(16)10(14)7-11(13)15/h7-8,17H,2-6H2,1H3. The molecule has 0 aliphatic carbocycles. The van der Waals surface area contributed by atoms with E-state index in [2.05, 4.69) is 5.32 Å². The predicted octanol–water partition coefficient (Wildman–Crippen LogP) is 2.65. The van der Waals surface area contributed by atoms with Crippen molar-refractivity contribution in [1.82, 2.24) is 5.32 Å². The Morgan fingerprint density at radius 2 is 1.89 bits per heavy atom. The monoisotopic (exact) mass is 259 g/mol. The molecule has 0 saturated carbocycles. The van der Waals surface area contributed by atoms with E-state index in [0.29, 0.717) is 12.5 Å². The van der Waals surface area contributed by atoms with E-state index >= 15 is 0 Å². The molecular weight excluding hydrogens is 243 g/mol. The van der Waals surface area contributed by atoms with Crippen LogP contribution < -0.4 is 10.1 Å². The minimum atomic E-state index is -1.16. The number of rotatable bonds is 3. The molecule has 0 atom stereocenters. The fraction of sp³-hybridized carbons (Fsp3) is 0.538. The summed E-state index contributed by atoms with van der Waals surface area (Å²) in [5, 5.41) is 3.19. The van der Waals surface area contributed by atoms with Crippen molar-refractivity contribution in [3.63, 3.8) is 0 Å². The summed E-state index contributed by atoms with van der Waals surface area (Å²) in [4.78, 5) is 0. The summed E-state index contributed by atoms with van der Waals surface area (Å²) >= 11 is 0. The fourth-order valence-electron chi connectivity index (χ4n) is 2.41. The number of hydrogen-bond acceptors (Lipinski definition) is 2. The highest BCUT2D eigenvalue weighted by Gasteiger charge is 2.23. The van der Waals surface area contributed by atoms with E-state index in [-0.39, 0.29) is 17.2 Å². The van der Waals surface area contributed by atoms with E-state index in [0.717, 1.165) is 25.9 Å². The molecule has 0 spiro atoms. The highest BCUT2D eigenvalue weighted by molar-refractivity contribution is 5.37. The maximum atomic E-state index is 13.7. The quantitative estimate of drug-likeness (QED) is 0.843. The van der Waals surface area contributed by atoms with Crippen molar-refractivity contribution in [2.75, 3.05) is 20.2 Å². The fourth-order valence-corrected chi connectivity index (χ4v) is 2.41. The lowest BCUT2D eigenvalue weighted by Crippen LogP contribution is -2.29. The topological polar surface area (TPSA) is 21.3 Å². The van der Waals surface area contributed by atoms with Crippen LogP contribution in [0.5, 0.6) is 5.75 Å². The molecular formula is C13H16F3NO. The molecule has 0 unspecified atom stereocenters. The third-order valence-electron chi connectivity index (χ3n) is 3.37. The Morgan fingerprint density at radius 3 is 2.50 bits per heavy atom. The van der Waals surface area contributed by atoms with E-state index in [1.165, 1.54) is 7.11 Å². The van der Waals surface area contributed by atoms with Crippen molar-refractivity contribution in [2.24, 2.45) is 5.92 Å². The first kappa shape index (κ1) is 13.2. The summed E-state index contributed by atoms with van der Waals surface area (Å²) in [6.07, 6.45) is 2.06. The van der Waals surface area contributed by atoms with Gasteiger partial charge in [-0.15, -0.1) is 0 Å². The Labute approximate surface area is 104 Å². The van der Waals surface area contributed by atoms with Crippen molar-refractivity contribution in [3.05, 3.63) is 29.1 Å². The summed E-state index contributed by atoms with van der Waals surface area (Å²) in [7, 11) is 1.27. The van der Waals surface area contributed by atoms with Gasteiger partial charge in [0.1, 0.15) is 0 Å². The first-order valence-electron chi connectivity index (χ1n) is 6.04. The van der Waals surface area contributed by atoms with Gasteiger partial charge in [0.05, 0.1) is 7.11 Å². The maximum absolute atomic E-state index is 13.7. The van der Waals surface area contributed by atoms with Gasteiger partial charge in [0.25, 0.3) is 0 Å². The second-order valence-corrected chi connectivity index (χ2v) is 4.56. The summed E-state index contributed by atoms with van der Waals surface area (Å²) in [5.74, 6) is -2.94. The average Bonchev–Trinajstić information content (AvgIpc) is 2.37.